The number of hydrazone groups is 1. The van der Waals surface area contributed by atoms with Crippen LogP contribution in [0.3, 0.4) is 0 Å². The molecule has 0 spiro atoms. The Hall–Kier alpha value is -3.99. The van der Waals surface area contributed by atoms with Crippen LogP contribution in [0.4, 0.5) is 0 Å². The van der Waals surface area contributed by atoms with Gasteiger partial charge in [0.2, 0.25) is 0 Å². The van der Waals surface area contributed by atoms with E-state index in [1.165, 1.54) is 5.56 Å². The van der Waals surface area contributed by atoms with Crippen molar-refractivity contribution >= 4 is 12.1 Å². The summed E-state index contributed by atoms with van der Waals surface area (Å²) >= 11 is 0. The standard InChI is InChI=1S/C27H26N4O/c1-27(2,3)23-16-14-21(15-17-23)26(32)29-28-18-22-19-31(24-12-8-5-9-13-24)30-25(22)20-10-6-4-7-11-20/h4-19H,1-3H3,(H,29,32)/b28-18-. The third-order valence-electron chi connectivity index (χ3n) is 5.19. The van der Waals surface area contributed by atoms with Gasteiger partial charge in [-0.05, 0) is 35.2 Å². The van der Waals surface area contributed by atoms with Crippen molar-refractivity contribution in [2.75, 3.05) is 0 Å². The van der Waals surface area contributed by atoms with E-state index in [4.69, 9.17) is 5.10 Å². The SMILES string of the molecule is CC(C)(C)c1ccc(C(=O)N/N=C\c2cn(-c3ccccc3)nc2-c2ccccc2)cc1. The summed E-state index contributed by atoms with van der Waals surface area (Å²) in [6, 6.07) is 27.4. The highest BCUT2D eigenvalue weighted by molar-refractivity contribution is 5.95. The highest BCUT2D eigenvalue weighted by Gasteiger charge is 2.14. The van der Waals surface area contributed by atoms with E-state index in [9.17, 15) is 4.79 Å². The lowest BCUT2D eigenvalue weighted by Crippen LogP contribution is -2.18. The number of rotatable bonds is 5. The molecule has 5 nitrogen and oxygen atoms in total. The third-order valence-corrected chi connectivity index (χ3v) is 5.19. The van der Waals surface area contributed by atoms with Crippen LogP contribution in [0, 0.1) is 0 Å². The summed E-state index contributed by atoms with van der Waals surface area (Å²) in [6.07, 6.45) is 3.54. The van der Waals surface area contributed by atoms with Gasteiger partial charge in [-0.25, -0.2) is 10.1 Å². The van der Waals surface area contributed by atoms with Crippen molar-refractivity contribution < 1.29 is 4.79 Å². The predicted octanol–water partition coefficient (Wildman–Crippen LogP) is 5.60. The first-order valence-corrected chi connectivity index (χ1v) is 10.6. The second kappa shape index (κ2) is 9.02. The molecule has 0 fully saturated rings. The Morgan fingerprint density at radius 1 is 0.906 bits per heavy atom. The second-order valence-corrected chi connectivity index (χ2v) is 8.61. The van der Waals surface area contributed by atoms with Gasteiger partial charge in [-0.1, -0.05) is 81.4 Å². The number of hydrogen-bond acceptors (Lipinski definition) is 3. The van der Waals surface area contributed by atoms with Gasteiger partial charge in [-0.3, -0.25) is 4.79 Å². The van der Waals surface area contributed by atoms with Crippen LogP contribution in [0.25, 0.3) is 16.9 Å². The van der Waals surface area contributed by atoms with Crippen LogP contribution in [0.5, 0.6) is 0 Å². The van der Waals surface area contributed by atoms with E-state index in [0.717, 1.165) is 22.5 Å². The van der Waals surface area contributed by atoms with E-state index >= 15 is 0 Å². The number of para-hydroxylation sites is 1. The smallest absolute Gasteiger partial charge is 0.267 e. The van der Waals surface area contributed by atoms with Crippen molar-refractivity contribution in [1.29, 1.82) is 0 Å². The molecule has 4 aromatic rings. The van der Waals surface area contributed by atoms with E-state index in [1.54, 1.807) is 6.21 Å². The molecule has 0 aliphatic heterocycles. The molecule has 0 radical (unpaired) electrons. The molecule has 3 aromatic carbocycles. The van der Waals surface area contributed by atoms with Crippen molar-refractivity contribution in [3.05, 3.63) is 108 Å². The molecule has 32 heavy (non-hydrogen) atoms. The lowest BCUT2D eigenvalue weighted by molar-refractivity contribution is 0.0955. The predicted molar refractivity (Wildman–Crippen MR) is 129 cm³/mol. The molecule has 1 heterocycles. The molecular weight excluding hydrogens is 396 g/mol. The number of nitrogens with zero attached hydrogens (tertiary/aromatic N) is 3. The zero-order valence-corrected chi connectivity index (χ0v) is 18.5. The van der Waals surface area contributed by atoms with Crippen LogP contribution in [0.1, 0.15) is 42.3 Å². The summed E-state index contributed by atoms with van der Waals surface area (Å²) in [5.41, 5.74) is 7.95. The lowest BCUT2D eigenvalue weighted by Gasteiger charge is -2.18. The molecule has 0 saturated heterocycles. The van der Waals surface area contributed by atoms with E-state index in [0.29, 0.717) is 5.56 Å². The van der Waals surface area contributed by atoms with Crippen molar-refractivity contribution in [3.63, 3.8) is 0 Å². The largest absolute Gasteiger partial charge is 0.271 e. The van der Waals surface area contributed by atoms with Gasteiger partial charge in [0.1, 0.15) is 5.69 Å². The number of carbonyl (C=O) groups is 1. The van der Waals surface area contributed by atoms with Crippen LogP contribution in [-0.2, 0) is 5.41 Å². The van der Waals surface area contributed by atoms with E-state index in [1.807, 2.05) is 95.8 Å². The van der Waals surface area contributed by atoms with Crippen LogP contribution >= 0.6 is 0 Å². The minimum atomic E-state index is -0.251. The van der Waals surface area contributed by atoms with Gasteiger partial charge in [-0.2, -0.15) is 10.2 Å². The summed E-state index contributed by atoms with van der Waals surface area (Å²) in [5.74, 6) is -0.251. The second-order valence-electron chi connectivity index (χ2n) is 8.61. The minimum absolute atomic E-state index is 0.0416. The molecule has 0 aliphatic rings. The number of benzene rings is 3. The average molecular weight is 423 g/mol. The molecule has 4 rings (SSSR count). The zero-order valence-electron chi connectivity index (χ0n) is 18.5. The molecule has 0 saturated carbocycles. The van der Waals surface area contributed by atoms with Crippen molar-refractivity contribution in [1.82, 2.24) is 15.2 Å². The highest BCUT2D eigenvalue weighted by Crippen LogP contribution is 2.23. The number of nitrogens with one attached hydrogen (secondary N) is 1. The maximum absolute atomic E-state index is 12.5. The quantitative estimate of drug-likeness (QED) is 0.336. The molecule has 1 N–H and O–H groups in total. The van der Waals surface area contributed by atoms with E-state index in [2.05, 4.69) is 31.3 Å². The van der Waals surface area contributed by atoms with E-state index in [-0.39, 0.29) is 11.3 Å². The normalized spacial score (nSPS) is 11.6. The summed E-state index contributed by atoms with van der Waals surface area (Å²) in [4.78, 5) is 12.5. The summed E-state index contributed by atoms with van der Waals surface area (Å²) in [7, 11) is 0. The number of hydrogen-bond donors (Lipinski definition) is 1. The summed E-state index contributed by atoms with van der Waals surface area (Å²) in [5, 5.41) is 8.96. The van der Waals surface area contributed by atoms with Gasteiger partial charge >= 0.3 is 0 Å². The molecule has 0 aliphatic carbocycles. The Morgan fingerprint density at radius 3 is 2.16 bits per heavy atom. The van der Waals surface area contributed by atoms with Crippen LogP contribution in [-0.4, -0.2) is 21.9 Å². The maximum atomic E-state index is 12.5. The first-order valence-electron chi connectivity index (χ1n) is 10.6. The molecule has 1 amide bonds. The van der Waals surface area contributed by atoms with Gasteiger partial charge in [0, 0.05) is 22.9 Å². The van der Waals surface area contributed by atoms with Crippen molar-refractivity contribution in [2.24, 2.45) is 5.10 Å². The monoisotopic (exact) mass is 422 g/mol. The van der Waals surface area contributed by atoms with Crippen LogP contribution in [0.2, 0.25) is 0 Å². The van der Waals surface area contributed by atoms with Gasteiger partial charge in [0.05, 0.1) is 11.9 Å². The molecule has 0 unspecified atom stereocenters. The molecule has 0 bridgehead atoms. The van der Waals surface area contributed by atoms with E-state index < -0.39 is 0 Å². The molecule has 1 aromatic heterocycles. The first-order chi connectivity index (χ1) is 15.4. The number of aromatic nitrogens is 2. The number of carbonyl (C=O) groups excluding carboxylic acids is 1. The zero-order chi connectivity index (χ0) is 22.6. The fourth-order valence-corrected chi connectivity index (χ4v) is 3.36. The first kappa shape index (κ1) is 21.2. The highest BCUT2D eigenvalue weighted by atomic mass is 16.2. The maximum Gasteiger partial charge on any atom is 0.271 e. The summed E-state index contributed by atoms with van der Waals surface area (Å²) < 4.78 is 1.82. The summed E-state index contributed by atoms with van der Waals surface area (Å²) in [6.45, 7) is 6.44. The fraction of sp³-hybridized carbons (Fsp3) is 0.148. The Labute approximate surface area is 188 Å². The van der Waals surface area contributed by atoms with Crippen LogP contribution < -0.4 is 5.43 Å². The minimum Gasteiger partial charge on any atom is -0.267 e. The van der Waals surface area contributed by atoms with Gasteiger partial charge in [-0.15, -0.1) is 0 Å². The topological polar surface area (TPSA) is 59.3 Å². The lowest BCUT2D eigenvalue weighted by atomic mass is 9.87. The molecular formula is C27H26N4O. The van der Waals surface area contributed by atoms with Crippen LogP contribution in [0.15, 0.2) is 96.2 Å². The molecule has 160 valence electrons. The average Bonchev–Trinajstić information content (AvgIpc) is 3.24. The van der Waals surface area contributed by atoms with Gasteiger partial charge in [0.25, 0.3) is 5.91 Å². The van der Waals surface area contributed by atoms with Crippen molar-refractivity contribution in [2.45, 2.75) is 26.2 Å². The van der Waals surface area contributed by atoms with Gasteiger partial charge < -0.3 is 0 Å². The Bertz CT molecular complexity index is 1220. The Morgan fingerprint density at radius 2 is 1.53 bits per heavy atom. The third kappa shape index (κ3) is 4.83. The van der Waals surface area contributed by atoms with Crippen molar-refractivity contribution in [3.8, 4) is 16.9 Å². The van der Waals surface area contributed by atoms with Gasteiger partial charge in [0.15, 0.2) is 0 Å². The number of amides is 1. The molecule has 5 heteroatoms. The molecule has 0 atom stereocenters. The Balaban J connectivity index is 1.56. The Kier molecular flexibility index (Phi) is 5.99. The fourth-order valence-electron chi connectivity index (χ4n) is 3.36.